The molecule has 26 heavy (non-hydrogen) atoms. The molecule has 1 aliphatic heterocycles. The van der Waals surface area contributed by atoms with Crippen LogP contribution in [0.5, 0.6) is 0 Å². The second-order valence-electron chi connectivity index (χ2n) is 6.54. The van der Waals surface area contributed by atoms with E-state index in [1.807, 2.05) is 44.2 Å². The van der Waals surface area contributed by atoms with Gasteiger partial charge in [-0.2, -0.15) is 0 Å². The van der Waals surface area contributed by atoms with E-state index in [-0.39, 0.29) is 24.0 Å². The summed E-state index contributed by atoms with van der Waals surface area (Å²) in [6, 6.07) is 14.6. The van der Waals surface area contributed by atoms with Crippen LogP contribution < -0.4 is 4.90 Å². The topological polar surface area (TPSA) is 59.0 Å². The van der Waals surface area contributed by atoms with Crippen molar-refractivity contribution in [1.29, 1.82) is 0 Å². The van der Waals surface area contributed by atoms with E-state index in [1.165, 1.54) is 0 Å². The number of nitrogens with zero attached hydrogens (tertiary/aromatic N) is 2. The average molecular weight is 371 g/mol. The zero-order chi connectivity index (χ0) is 18.7. The summed E-state index contributed by atoms with van der Waals surface area (Å²) in [6.07, 6.45) is 0.251. The van der Waals surface area contributed by atoms with Gasteiger partial charge in [-0.25, -0.2) is 4.79 Å². The van der Waals surface area contributed by atoms with E-state index in [0.717, 1.165) is 11.3 Å². The van der Waals surface area contributed by atoms with Crippen molar-refractivity contribution in [3.8, 4) is 0 Å². The van der Waals surface area contributed by atoms with Crippen LogP contribution >= 0.6 is 11.6 Å². The lowest BCUT2D eigenvalue weighted by molar-refractivity contribution is -0.144. The number of fused-ring (bicyclic) bond motifs is 1. The molecule has 2 aromatic rings. The van der Waals surface area contributed by atoms with Gasteiger partial charge in [0, 0.05) is 10.6 Å². The first kappa shape index (κ1) is 18.1. The predicted octanol–water partition coefficient (Wildman–Crippen LogP) is 4.18. The summed E-state index contributed by atoms with van der Waals surface area (Å²) < 4.78 is 0. The Morgan fingerprint density at radius 3 is 2.54 bits per heavy atom. The summed E-state index contributed by atoms with van der Waals surface area (Å²) in [5.74, 6) is -0.580. The summed E-state index contributed by atoms with van der Waals surface area (Å²) in [5, 5.41) is 4.50. The number of oxime groups is 1. The van der Waals surface area contributed by atoms with Gasteiger partial charge in [-0.3, -0.25) is 4.79 Å². The van der Waals surface area contributed by atoms with Crippen molar-refractivity contribution in [1.82, 2.24) is 0 Å². The van der Waals surface area contributed by atoms with Crippen molar-refractivity contribution >= 4 is 34.9 Å². The minimum atomic E-state index is -0.450. The largest absolute Gasteiger partial charge is 0.335 e. The Balaban J connectivity index is 1.86. The lowest BCUT2D eigenvalue weighted by atomic mass is 10.1. The normalized spacial score (nSPS) is 14.8. The standard InChI is InChI=1S/C20H19ClN2O3/c1-13(2)11-18(24)26-22-19-16-5-3-4-6-17(16)23(20(19)25)12-14-7-9-15(21)10-8-14/h3-10,13H,11-12H2,1-2H3. The number of carbonyl (C=O) groups is 2. The number of rotatable bonds is 5. The summed E-state index contributed by atoms with van der Waals surface area (Å²) in [4.78, 5) is 31.2. The zero-order valence-electron chi connectivity index (χ0n) is 14.6. The summed E-state index contributed by atoms with van der Waals surface area (Å²) in [7, 11) is 0. The van der Waals surface area contributed by atoms with E-state index in [9.17, 15) is 9.59 Å². The fourth-order valence-corrected chi connectivity index (χ4v) is 2.87. The molecule has 1 heterocycles. The Labute approximate surface area is 157 Å². The Morgan fingerprint density at radius 1 is 1.15 bits per heavy atom. The van der Waals surface area contributed by atoms with E-state index < -0.39 is 5.97 Å². The first-order valence-electron chi connectivity index (χ1n) is 8.39. The van der Waals surface area contributed by atoms with E-state index in [0.29, 0.717) is 17.1 Å². The second kappa shape index (κ2) is 7.70. The Hall–Kier alpha value is -2.66. The fraction of sp³-hybridized carbons (Fsp3) is 0.250. The molecular formula is C20H19ClN2O3. The molecule has 6 heteroatoms. The maximum absolute atomic E-state index is 12.8. The van der Waals surface area contributed by atoms with Crippen LogP contribution in [-0.2, 0) is 21.0 Å². The van der Waals surface area contributed by atoms with Crippen molar-refractivity contribution in [2.24, 2.45) is 11.1 Å². The molecular weight excluding hydrogens is 352 g/mol. The first-order chi connectivity index (χ1) is 12.5. The van der Waals surface area contributed by atoms with Crippen LogP contribution in [0, 0.1) is 5.92 Å². The maximum atomic E-state index is 12.8. The molecule has 0 radical (unpaired) electrons. The van der Waals surface area contributed by atoms with Gasteiger partial charge in [0.25, 0.3) is 5.91 Å². The number of benzene rings is 2. The van der Waals surface area contributed by atoms with Crippen molar-refractivity contribution in [2.75, 3.05) is 4.90 Å². The predicted molar refractivity (Wildman–Crippen MR) is 101 cm³/mol. The maximum Gasteiger partial charge on any atom is 0.335 e. The van der Waals surface area contributed by atoms with Gasteiger partial charge in [-0.05, 0) is 29.7 Å². The van der Waals surface area contributed by atoms with Gasteiger partial charge in [-0.1, -0.05) is 60.9 Å². The summed E-state index contributed by atoms with van der Waals surface area (Å²) in [5.41, 5.74) is 2.48. The van der Waals surface area contributed by atoms with Crippen molar-refractivity contribution in [2.45, 2.75) is 26.8 Å². The Kier molecular flexibility index (Phi) is 5.38. The second-order valence-corrected chi connectivity index (χ2v) is 6.97. The van der Waals surface area contributed by atoms with Crippen molar-refractivity contribution < 1.29 is 14.4 Å². The number of anilines is 1. The minimum absolute atomic E-state index is 0.145. The molecule has 0 aromatic heterocycles. The number of para-hydroxylation sites is 1. The van der Waals surface area contributed by atoms with Crippen LogP contribution in [0.3, 0.4) is 0 Å². The van der Waals surface area contributed by atoms with Crippen LogP contribution in [0.2, 0.25) is 5.02 Å². The van der Waals surface area contributed by atoms with Gasteiger partial charge in [0.1, 0.15) is 0 Å². The Bertz CT molecular complexity index is 860. The quantitative estimate of drug-likeness (QED) is 0.586. The molecule has 0 spiro atoms. The lowest BCUT2D eigenvalue weighted by Gasteiger charge is -2.16. The van der Waals surface area contributed by atoms with E-state index >= 15 is 0 Å². The van der Waals surface area contributed by atoms with Gasteiger partial charge >= 0.3 is 5.97 Å². The highest BCUT2D eigenvalue weighted by Crippen LogP contribution is 2.31. The summed E-state index contributed by atoms with van der Waals surface area (Å²) >= 11 is 5.92. The summed E-state index contributed by atoms with van der Waals surface area (Å²) in [6.45, 7) is 4.21. The highest BCUT2D eigenvalue weighted by atomic mass is 35.5. The van der Waals surface area contributed by atoms with E-state index in [2.05, 4.69) is 5.16 Å². The molecule has 2 aromatic carbocycles. The van der Waals surface area contributed by atoms with Gasteiger partial charge < -0.3 is 9.74 Å². The highest BCUT2D eigenvalue weighted by Gasteiger charge is 2.34. The van der Waals surface area contributed by atoms with Gasteiger partial charge in [0.2, 0.25) is 0 Å². The van der Waals surface area contributed by atoms with Crippen LogP contribution in [0.25, 0.3) is 0 Å². The smallest absolute Gasteiger partial charge is 0.317 e. The zero-order valence-corrected chi connectivity index (χ0v) is 15.4. The molecule has 0 aliphatic carbocycles. The average Bonchev–Trinajstić information content (AvgIpc) is 2.86. The molecule has 0 N–H and O–H groups in total. The monoisotopic (exact) mass is 370 g/mol. The van der Waals surface area contributed by atoms with Crippen LogP contribution in [0.15, 0.2) is 53.7 Å². The van der Waals surface area contributed by atoms with Crippen molar-refractivity contribution in [3.05, 3.63) is 64.7 Å². The SMILES string of the molecule is CC(C)CC(=O)ON=C1C(=O)N(Cc2ccc(Cl)cc2)c2ccccc21. The Morgan fingerprint density at radius 2 is 1.85 bits per heavy atom. The van der Waals surface area contributed by atoms with Gasteiger partial charge in [-0.15, -0.1) is 0 Å². The van der Waals surface area contributed by atoms with Gasteiger partial charge in [0.05, 0.1) is 18.7 Å². The number of carbonyl (C=O) groups excluding carboxylic acids is 2. The molecule has 134 valence electrons. The minimum Gasteiger partial charge on any atom is -0.317 e. The number of amides is 1. The molecule has 3 rings (SSSR count). The van der Waals surface area contributed by atoms with E-state index in [4.69, 9.17) is 16.4 Å². The molecule has 0 bridgehead atoms. The molecule has 0 unspecified atom stereocenters. The molecule has 0 fully saturated rings. The number of halogens is 1. The molecule has 0 atom stereocenters. The lowest BCUT2D eigenvalue weighted by Crippen LogP contribution is -2.29. The molecule has 1 aliphatic rings. The van der Waals surface area contributed by atoms with Crippen molar-refractivity contribution in [3.63, 3.8) is 0 Å². The van der Waals surface area contributed by atoms with Crippen LogP contribution in [0.1, 0.15) is 31.4 Å². The third-order valence-corrected chi connectivity index (χ3v) is 4.22. The third kappa shape index (κ3) is 3.94. The van der Waals surface area contributed by atoms with Crippen LogP contribution in [0.4, 0.5) is 5.69 Å². The third-order valence-electron chi connectivity index (χ3n) is 3.97. The highest BCUT2D eigenvalue weighted by molar-refractivity contribution is 6.54. The van der Waals surface area contributed by atoms with Gasteiger partial charge in [0.15, 0.2) is 5.71 Å². The van der Waals surface area contributed by atoms with E-state index in [1.54, 1.807) is 23.1 Å². The number of hydrogen-bond donors (Lipinski definition) is 0. The molecule has 5 nitrogen and oxygen atoms in total. The molecule has 1 amide bonds. The number of hydrogen-bond acceptors (Lipinski definition) is 4. The molecule has 0 saturated carbocycles. The van der Waals surface area contributed by atoms with Crippen LogP contribution in [-0.4, -0.2) is 17.6 Å². The molecule has 0 saturated heterocycles. The first-order valence-corrected chi connectivity index (χ1v) is 8.77. The fourth-order valence-electron chi connectivity index (χ4n) is 2.75.